The predicted octanol–water partition coefficient (Wildman–Crippen LogP) is 2.82. The van der Waals surface area contributed by atoms with Crippen LogP contribution in [0.25, 0.3) is 0 Å². The molecule has 1 heterocycles. The number of hydrogen-bond donors (Lipinski definition) is 1. The van der Waals surface area contributed by atoms with Crippen molar-refractivity contribution in [3.8, 4) is 0 Å². The number of amides is 1. The lowest BCUT2D eigenvalue weighted by Crippen LogP contribution is -2.44. The Morgan fingerprint density at radius 1 is 1.24 bits per heavy atom. The van der Waals surface area contributed by atoms with Gasteiger partial charge in [0.25, 0.3) is 0 Å². The fourth-order valence-corrected chi connectivity index (χ4v) is 2.66. The summed E-state index contributed by atoms with van der Waals surface area (Å²) in [5, 5.41) is 2.35. The first-order valence-electron chi connectivity index (χ1n) is 8.33. The molecule has 0 spiro atoms. The van der Waals surface area contributed by atoms with E-state index < -0.39 is 17.6 Å². The predicted molar refractivity (Wildman–Crippen MR) is 90.9 cm³/mol. The van der Waals surface area contributed by atoms with Crippen molar-refractivity contribution >= 4 is 17.3 Å². The summed E-state index contributed by atoms with van der Waals surface area (Å²) in [6.07, 6.45) is -4.52. The standard InChI is InChI=1S/C17H24F3N3O2/c1-3-25-11-6-16(24)21-15-5-4-13(12-14(15)17(18,19)20)23-9-7-22(2)8-10-23/h4-5,12H,3,6-11H2,1-2H3,(H,21,24). The van der Waals surface area contributed by atoms with Gasteiger partial charge in [-0.25, -0.2) is 0 Å². The summed E-state index contributed by atoms with van der Waals surface area (Å²) in [5.41, 5.74) is -0.520. The second kappa shape index (κ2) is 8.53. The van der Waals surface area contributed by atoms with E-state index in [1.807, 2.05) is 11.9 Å². The number of ether oxygens (including phenoxy) is 1. The molecule has 1 aliphatic heterocycles. The van der Waals surface area contributed by atoms with Crippen LogP contribution in [0.5, 0.6) is 0 Å². The zero-order valence-electron chi connectivity index (χ0n) is 14.5. The number of anilines is 2. The minimum atomic E-state index is -4.54. The van der Waals surface area contributed by atoms with E-state index in [-0.39, 0.29) is 18.7 Å². The Balaban J connectivity index is 2.15. The maximum atomic E-state index is 13.4. The minimum absolute atomic E-state index is 0.0192. The highest BCUT2D eigenvalue weighted by atomic mass is 19.4. The van der Waals surface area contributed by atoms with Gasteiger partial charge in [0.05, 0.1) is 24.3 Å². The van der Waals surface area contributed by atoms with Crippen LogP contribution in [-0.2, 0) is 15.7 Å². The number of carbonyl (C=O) groups is 1. The van der Waals surface area contributed by atoms with Gasteiger partial charge in [-0.3, -0.25) is 4.79 Å². The van der Waals surface area contributed by atoms with Crippen molar-refractivity contribution in [2.75, 3.05) is 56.7 Å². The third kappa shape index (κ3) is 5.61. The highest BCUT2D eigenvalue weighted by Crippen LogP contribution is 2.37. The molecule has 1 saturated heterocycles. The summed E-state index contributed by atoms with van der Waals surface area (Å²) in [7, 11) is 1.99. The van der Waals surface area contributed by atoms with Crippen LogP contribution in [0.3, 0.4) is 0 Å². The van der Waals surface area contributed by atoms with Crippen molar-refractivity contribution in [3.05, 3.63) is 23.8 Å². The Kier molecular flexibility index (Phi) is 6.66. The molecular weight excluding hydrogens is 335 g/mol. The summed E-state index contributed by atoms with van der Waals surface area (Å²) < 4.78 is 45.3. The van der Waals surface area contributed by atoms with Crippen LogP contribution in [0, 0.1) is 0 Å². The molecular formula is C17H24F3N3O2. The van der Waals surface area contributed by atoms with Gasteiger partial charge in [0, 0.05) is 38.5 Å². The maximum Gasteiger partial charge on any atom is 0.418 e. The number of piperazine rings is 1. The van der Waals surface area contributed by atoms with E-state index in [1.165, 1.54) is 6.07 Å². The van der Waals surface area contributed by atoms with Gasteiger partial charge in [-0.05, 0) is 32.2 Å². The Hall–Kier alpha value is -1.80. The summed E-state index contributed by atoms with van der Waals surface area (Å²) >= 11 is 0. The van der Waals surface area contributed by atoms with Crippen molar-refractivity contribution in [1.29, 1.82) is 0 Å². The second-order valence-corrected chi connectivity index (χ2v) is 6.01. The van der Waals surface area contributed by atoms with Crippen molar-refractivity contribution < 1.29 is 22.7 Å². The smallest absolute Gasteiger partial charge is 0.381 e. The van der Waals surface area contributed by atoms with Gasteiger partial charge in [-0.2, -0.15) is 13.2 Å². The molecule has 1 aromatic carbocycles. The minimum Gasteiger partial charge on any atom is -0.381 e. The fourth-order valence-electron chi connectivity index (χ4n) is 2.66. The molecule has 5 nitrogen and oxygen atoms in total. The van der Waals surface area contributed by atoms with Crippen LogP contribution in [0.1, 0.15) is 18.9 Å². The molecule has 0 bridgehead atoms. The number of benzene rings is 1. The van der Waals surface area contributed by atoms with Crippen molar-refractivity contribution in [1.82, 2.24) is 4.90 Å². The van der Waals surface area contributed by atoms with Gasteiger partial charge in [0.2, 0.25) is 5.91 Å². The lowest BCUT2D eigenvalue weighted by Gasteiger charge is -2.34. The zero-order chi connectivity index (χ0) is 18.4. The quantitative estimate of drug-likeness (QED) is 0.794. The van der Waals surface area contributed by atoms with Crippen LogP contribution in [0.4, 0.5) is 24.5 Å². The topological polar surface area (TPSA) is 44.8 Å². The molecule has 1 aliphatic rings. The van der Waals surface area contributed by atoms with E-state index in [4.69, 9.17) is 4.74 Å². The summed E-state index contributed by atoms with van der Waals surface area (Å²) in [6.45, 7) is 5.39. The third-order valence-corrected chi connectivity index (χ3v) is 4.13. The SMILES string of the molecule is CCOCCC(=O)Nc1ccc(N2CCN(C)CC2)cc1C(F)(F)F. The zero-order valence-corrected chi connectivity index (χ0v) is 14.5. The molecule has 140 valence electrons. The number of nitrogens with zero attached hydrogens (tertiary/aromatic N) is 2. The molecule has 0 aromatic heterocycles. The Labute approximate surface area is 145 Å². The fraction of sp³-hybridized carbons (Fsp3) is 0.588. The van der Waals surface area contributed by atoms with E-state index >= 15 is 0 Å². The lowest BCUT2D eigenvalue weighted by molar-refractivity contribution is -0.136. The Morgan fingerprint density at radius 3 is 2.52 bits per heavy atom. The van der Waals surface area contributed by atoms with Gasteiger partial charge < -0.3 is 19.9 Å². The molecule has 1 amide bonds. The molecule has 0 saturated carbocycles. The molecule has 1 N–H and O–H groups in total. The molecule has 0 aliphatic carbocycles. The molecule has 0 atom stereocenters. The van der Waals surface area contributed by atoms with Crippen molar-refractivity contribution in [2.24, 2.45) is 0 Å². The van der Waals surface area contributed by atoms with Gasteiger partial charge in [-0.1, -0.05) is 0 Å². The molecule has 0 radical (unpaired) electrons. The van der Waals surface area contributed by atoms with E-state index in [9.17, 15) is 18.0 Å². The number of alkyl halides is 3. The normalized spacial score (nSPS) is 16.1. The summed E-state index contributed by atoms with van der Waals surface area (Å²) in [5.74, 6) is -0.494. The average molecular weight is 359 g/mol. The van der Waals surface area contributed by atoms with Crippen molar-refractivity contribution in [3.63, 3.8) is 0 Å². The van der Waals surface area contributed by atoms with Gasteiger partial charge in [-0.15, -0.1) is 0 Å². The van der Waals surface area contributed by atoms with Crippen LogP contribution in [-0.4, -0.2) is 57.2 Å². The van der Waals surface area contributed by atoms with Crippen LogP contribution in [0.2, 0.25) is 0 Å². The third-order valence-electron chi connectivity index (χ3n) is 4.13. The number of hydrogen-bond acceptors (Lipinski definition) is 4. The van der Waals surface area contributed by atoms with Crippen molar-refractivity contribution in [2.45, 2.75) is 19.5 Å². The summed E-state index contributed by atoms with van der Waals surface area (Å²) in [6, 6.07) is 4.07. The van der Waals surface area contributed by atoms with Gasteiger partial charge in [0.1, 0.15) is 0 Å². The number of nitrogens with one attached hydrogen (secondary N) is 1. The van der Waals surface area contributed by atoms with Gasteiger partial charge >= 0.3 is 6.18 Å². The summed E-state index contributed by atoms with van der Waals surface area (Å²) in [4.78, 5) is 15.9. The lowest BCUT2D eigenvalue weighted by atomic mass is 10.1. The number of rotatable bonds is 6. The molecule has 2 rings (SSSR count). The molecule has 1 aromatic rings. The monoisotopic (exact) mass is 359 g/mol. The average Bonchev–Trinajstić information content (AvgIpc) is 2.55. The van der Waals surface area contributed by atoms with Crippen LogP contribution >= 0.6 is 0 Å². The van der Waals surface area contributed by atoms with Gasteiger partial charge in [0.15, 0.2) is 0 Å². The number of carbonyl (C=O) groups excluding carboxylic acids is 1. The Morgan fingerprint density at radius 2 is 1.92 bits per heavy atom. The second-order valence-electron chi connectivity index (χ2n) is 6.01. The highest BCUT2D eigenvalue weighted by molar-refractivity contribution is 5.92. The van der Waals surface area contributed by atoms with E-state index in [2.05, 4.69) is 10.2 Å². The first kappa shape index (κ1) is 19.5. The van der Waals surface area contributed by atoms with E-state index in [1.54, 1.807) is 13.0 Å². The van der Waals surface area contributed by atoms with E-state index in [0.29, 0.717) is 25.4 Å². The molecule has 8 heteroatoms. The first-order valence-corrected chi connectivity index (χ1v) is 8.33. The molecule has 25 heavy (non-hydrogen) atoms. The first-order chi connectivity index (χ1) is 11.8. The number of likely N-dealkylation sites (N-methyl/N-ethyl adjacent to an activating group) is 1. The molecule has 0 unspecified atom stereocenters. The molecule has 1 fully saturated rings. The highest BCUT2D eigenvalue weighted by Gasteiger charge is 2.34. The van der Waals surface area contributed by atoms with Crippen LogP contribution in [0.15, 0.2) is 18.2 Å². The maximum absolute atomic E-state index is 13.4. The Bertz CT molecular complexity index is 585. The van der Waals surface area contributed by atoms with Crippen LogP contribution < -0.4 is 10.2 Å². The van der Waals surface area contributed by atoms with E-state index in [0.717, 1.165) is 19.2 Å². The largest absolute Gasteiger partial charge is 0.418 e. The number of halogens is 3.